The van der Waals surface area contributed by atoms with Gasteiger partial charge in [-0.15, -0.1) is 11.3 Å². The quantitative estimate of drug-likeness (QED) is 0.533. The number of likely N-dealkylation sites (N-methyl/N-ethyl adjacent to an activating group) is 1. The first-order chi connectivity index (χ1) is 14.3. The highest BCUT2D eigenvalue weighted by atomic mass is 35.5. The molecule has 0 unspecified atom stereocenters. The van der Waals surface area contributed by atoms with Crippen molar-refractivity contribution in [1.82, 2.24) is 0 Å². The summed E-state index contributed by atoms with van der Waals surface area (Å²) in [6, 6.07) is 17.7. The minimum atomic E-state index is -3.93. The molecule has 30 heavy (non-hydrogen) atoms. The molecule has 1 N–H and O–H groups in total. The summed E-state index contributed by atoms with van der Waals surface area (Å²) in [7, 11) is -2.36. The molecule has 0 radical (unpaired) electrons. The molecule has 1 aromatic heterocycles. The molecule has 0 bridgehead atoms. The molecule has 2 aromatic carbocycles. The highest BCUT2D eigenvalue weighted by Crippen LogP contribution is 2.28. The lowest BCUT2D eigenvalue weighted by molar-refractivity contribution is -0.121. The zero-order valence-corrected chi connectivity index (χ0v) is 18.1. The summed E-state index contributed by atoms with van der Waals surface area (Å²) in [6.07, 6.45) is 0. The number of hydrogen-bond acceptors (Lipinski definition) is 6. The first-order valence-corrected chi connectivity index (χ1v) is 11.3. The zero-order chi connectivity index (χ0) is 21.7. The number of amides is 1. The summed E-state index contributed by atoms with van der Waals surface area (Å²) >= 11 is 6.70. The van der Waals surface area contributed by atoms with Gasteiger partial charge >= 0.3 is 5.97 Å². The van der Waals surface area contributed by atoms with Crippen molar-refractivity contribution >= 4 is 56.2 Å². The standard InChI is InChI=1S/C20H17ClN2O5S2/c1-23(14-7-3-2-4-8-14)18(24)13-28-20(25)15-9-5-6-10-16(15)22-30(26,27)19-12-11-17(21)29-19/h2-12,22H,13H2,1H3. The molecule has 3 aromatic rings. The number of nitrogens with zero attached hydrogens (tertiary/aromatic N) is 1. The summed E-state index contributed by atoms with van der Waals surface area (Å²) in [4.78, 5) is 26.2. The van der Waals surface area contributed by atoms with Gasteiger partial charge in [-0.1, -0.05) is 41.9 Å². The summed E-state index contributed by atoms with van der Waals surface area (Å²) in [5, 5.41) is 0. The second kappa shape index (κ2) is 9.29. The Bertz CT molecular complexity index is 1160. The lowest BCUT2D eigenvalue weighted by atomic mass is 10.2. The molecular formula is C20H17ClN2O5S2. The van der Waals surface area contributed by atoms with Crippen LogP contribution in [0.4, 0.5) is 11.4 Å². The Hall–Kier alpha value is -2.88. The molecule has 0 spiro atoms. The van der Waals surface area contributed by atoms with Gasteiger partial charge in [0.05, 0.1) is 15.6 Å². The fourth-order valence-electron chi connectivity index (χ4n) is 2.48. The van der Waals surface area contributed by atoms with E-state index < -0.39 is 28.5 Å². The predicted octanol–water partition coefficient (Wildman–Crippen LogP) is 4.02. The molecule has 0 fully saturated rings. The number of carbonyl (C=O) groups excluding carboxylic acids is 2. The molecule has 0 saturated heterocycles. The van der Waals surface area contributed by atoms with Crippen LogP contribution in [0.25, 0.3) is 0 Å². The Labute approximate surface area is 182 Å². The molecule has 0 aliphatic rings. The van der Waals surface area contributed by atoms with Crippen LogP contribution in [-0.4, -0.2) is 33.9 Å². The van der Waals surface area contributed by atoms with E-state index in [4.69, 9.17) is 16.3 Å². The van der Waals surface area contributed by atoms with Crippen LogP contribution in [0.5, 0.6) is 0 Å². The second-order valence-electron chi connectivity index (χ2n) is 6.07. The number of thiophene rings is 1. The SMILES string of the molecule is CN(C(=O)COC(=O)c1ccccc1NS(=O)(=O)c1ccc(Cl)s1)c1ccccc1. The number of carbonyl (C=O) groups is 2. The van der Waals surface area contributed by atoms with Gasteiger partial charge in [0.1, 0.15) is 4.21 Å². The maximum Gasteiger partial charge on any atom is 0.340 e. The van der Waals surface area contributed by atoms with Crippen LogP contribution < -0.4 is 9.62 Å². The van der Waals surface area contributed by atoms with Crippen molar-refractivity contribution in [1.29, 1.82) is 0 Å². The van der Waals surface area contributed by atoms with Crippen LogP contribution in [0.3, 0.4) is 0 Å². The van der Waals surface area contributed by atoms with Gasteiger partial charge < -0.3 is 9.64 Å². The first kappa shape index (κ1) is 21.8. The molecule has 156 valence electrons. The topological polar surface area (TPSA) is 92.8 Å². The summed E-state index contributed by atoms with van der Waals surface area (Å²) in [5.74, 6) is -1.26. The van der Waals surface area contributed by atoms with Gasteiger partial charge in [-0.25, -0.2) is 13.2 Å². The second-order valence-corrected chi connectivity index (χ2v) is 9.70. The molecule has 0 aliphatic heterocycles. The van der Waals surface area contributed by atoms with Crippen LogP contribution in [-0.2, 0) is 19.6 Å². The van der Waals surface area contributed by atoms with Crippen molar-refractivity contribution in [2.24, 2.45) is 0 Å². The maximum absolute atomic E-state index is 12.5. The minimum Gasteiger partial charge on any atom is -0.452 e. The van der Waals surface area contributed by atoms with E-state index in [1.807, 2.05) is 6.07 Å². The molecule has 10 heteroatoms. The molecule has 1 heterocycles. The van der Waals surface area contributed by atoms with E-state index in [9.17, 15) is 18.0 Å². The van der Waals surface area contributed by atoms with Crippen molar-refractivity contribution in [2.45, 2.75) is 4.21 Å². The first-order valence-electron chi connectivity index (χ1n) is 8.64. The monoisotopic (exact) mass is 464 g/mol. The highest BCUT2D eigenvalue weighted by molar-refractivity contribution is 7.94. The summed E-state index contributed by atoms with van der Waals surface area (Å²) in [6.45, 7) is -0.494. The van der Waals surface area contributed by atoms with Gasteiger partial charge in [0.2, 0.25) is 0 Å². The normalized spacial score (nSPS) is 11.0. The number of benzene rings is 2. The summed E-state index contributed by atoms with van der Waals surface area (Å²) in [5.41, 5.74) is 0.677. The van der Waals surface area contributed by atoms with Crippen LogP contribution in [0, 0.1) is 0 Å². The van der Waals surface area contributed by atoms with Crippen molar-refractivity contribution in [3.05, 3.63) is 76.6 Å². The molecule has 0 aliphatic carbocycles. The Morgan fingerprint density at radius 3 is 2.37 bits per heavy atom. The predicted molar refractivity (Wildman–Crippen MR) is 117 cm³/mol. The number of nitrogens with one attached hydrogen (secondary N) is 1. The third-order valence-corrected chi connectivity index (χ3v) is 7.14. The van der Waals surface area contributed by atoms with Crippen molar-refractivity contribution in [3.8, 4) is 0 Å². The molecule has 1 amide bonds. The van der Waals surface area contributed by atoms with Gasteiger partial charge in [0.25, 0.3) is 15.9 Å². The zero-order valence-electron chi connectivity index (χ0n) is 15.7. The number of ether oxygens (including phenoxy) is 1. The average Bonchev–Trinajstić information content (AvgIpc) is 3.19. The van der Waals surface area contributed by atoms with Crippen LogP contribution >= 0.6 is 22.9 Å². The molecule has 3 rings (SSSR count). The number of rotatable bonds is 7. The van der Waals surface area contributed by atoms with Crippen molar-refractivity contribution in [2.75, 3.05) is 23.3 Å². The number of para-hydroxylation sites is 2. The van der Waals surface area contributed by atoms with Gasteiger partial charge in [-0.2, -0.15) is 0 Å². The van der Waals surface area contributed by atoms with E-state index in [-0.39, 0.29) is 15.5 Å². The minimum absolute atomic E-state index is 0.00957. The third-order valence-electron chi connectivity index (χ3n) is 4.05. The van der Waals surface area contributed by atoms with Crippen LogP contribution in [0.15, 0.2) is 70.9 Å². The Balaban J connectivity index is 1.70. The van der Waals surface area contributed by atoms with E-state index >= 15 is 0 Å². The fraction of sp³-hybridized carbons (Fsp3) is 0.100. The molecule has 0 saturated carbocycles. The largest absolute Gasteiger partial charge is 0.452 e. The van der Waals surface area contributed by atoms with E-state index in [0.29, 0.717) is 10.0 Å². The number of halogens is 1. The third kappa shape index (κ3) is 5.18. The Kier molecular flexibility index (Phi) is 6.76. The van der Waals surface area contributed by atoms with Crippen molar-refractivity contribution < 1.29 is 22.7 Å². The lowest BCUT2D eigenvalue weighted by Crippen LogP contribution is -2.31. The summed E-state index contributed by atoms with van der Waals surface area (Å²) < 4.78 is 32.9. The Morgan fingerprint density at radius 1 is 1.03 bits per heavy atom. The number of anilines is 2. The van der Waals surface area contributed by atoms with E-state index in [1.54, 1.807) is 43.4 Å². The molecule has 0 atom stereocenters. The molecular weight excluding hydrogens is 448 g/mol. The highest BCUT2D eigenvalue weighted by Gasteiger charge is 2.22. The van der Waals surface area contributed by atoms with Gasteiger partial charge in [-0.3, -0.25) is 9.52 Å². The fourth-order valence-corrected chi connectivity index (χ4v) is 5.05. The number of esters is 1. The van der Waals surface area contributed by atoms with E-state index in [0.717, 1.165) is 11.3 Å². The van der Waals surface area contributed by atoms with E-state index in [2.05, 4.69) is 4.72 Å². The number of hydrogen-bond donors (Lipinski definition) is 1. The van der Waals surface area contributed by atoms with Gasteiger partial charge in [-0.05, 0) is 36.4 Å². The lowest BCUT2D eigenvalue weighted by Gasteiger charge is -2.17. The smallest absolute Gasteiger partial charge is 0.340 e. The van der Waals surface area contributed by atoms with Gasteiger partial charge in [0, 0.05) is 12.7 Å². The van der Waals surface area contributed by atoms with Crippen LogP contribution in [0.1, 0.15) is 10.4 Å². The molecule has 7 nitrogen and oxygen atoms in total. The number of sulfonamides is 1. The Morgan fingerprint density at radius 2 is 1.70 bits per heavy atom. The van der Waals surface area contributed by atoms with Crippen molar-refractivity contribution in [3.63, 3.8) is 0 Å². The van der Waals surface area contributed by atoms with E-state index in [1.165, 1.54) is 29.2 Å². The maximum atomic E-state index is 12.5. The van der Waals surface area contributed by atoms with Gasteiger partial charge in [0.15, 0.2) is 6.61 Å². The van der Waals surface area contributed by atoms with Crippen LogP contribution in [0.2, 0.25) is 4.34 Å². The average molecular weight is 465 g/mol.